The van der Waals surface area contributed by atoms with Gasteiger partial charge < -0.3 is 14.0 Å². The lowest BCUT2D eigenvalue weighted by Gasteiger charge is -2.05. The van der Waals surface area contributed by atoms with E-state index >= 15 is 0 Å². The van der Waals surface area contributed by atoms with Crippen molar-refractivity contribution < 1.29 is 18.8 Å². The second-order valence-corrected chi connectivity index (χ2v) is 8.79. The number of ether oxygens (including phenoxy) is 2. The Bertz CT molecular complexity index is 1000. The maximum atomic E-state index is 12.3. The van der Waals surface area contributed by atoms with Crippen molar-refractivity contribution in [3.05, 3.63) is 54.0 Å². The van der Waals surface area contributed by atoms with Crippen LogP contribution in [-0.4, -0.2) is 27.7 Å². The van der Waals surface area contributed by atoms with Crippen LogP contribution in [0.1, 0.15) is 94.2 Å². The van der Waals surface area contributed by atoms with Gasteiger partial charge in [-0.25, -0.2) is 14.8 Å². The third kappa shape index (κ3) is 9.15. The Morgan fingerprint density at radius 3 is 2.17 bits per heavy atom. The van der Waals surface area contributed by atoms with Gasteiger partial charge in [0.2, 0.25) is 5.76 Å². The first kappa shape index (κ1) is 26.4. The van der Waals surface area contributed by atoms with E-state index in [4.69, 9.17) is 14.0 Å². The molecule has 35 heavy (non-hydrogen) atoms. The fraction of sp³-hybridized carbons (Fsp3) is 0.500. The Balaban J connectivity index is 1.40. The molecule has 0 saturated carbocycles. The quantitative estimate of drug-likeness (QED) is 0.122. The molecule has 7 heteroatoms. The molecule has 0 aliphatic rings. The monoisotopic (exact) mass is 479 g/mol. The van der Waals surface area contributed by atoms with E-state index in [1.165, 1.54) is 63.9 Å². The fourth-order valence-electron chi connectivity index (χ4n) is 3.73. The summed E-state index contributed by atoms with van der Waals surface area (Å²) in [5.74, 6) is 0.673. The molecular formula is C28H37N3O4. The average molecular weight is 480 g/mol. The highest BCUT2D eigenvalue weighted by Crippen LogP contribution is 2.21. The Labute approximate surface area is 208 Å². The van der Waals surface area contributed by atoms with Crippen LogP contribution in [-0.2, 0) is 6.42 Å². The van der Waals surface area contributed by atoms with Crippen molar-refractivity contribution in [2.24, 2.45) is 0 Å². The van der Waals surface area contributed by atoms with Crippen LogP contribution < -0.4 is 9.47 Å². The average Bonchev–Trinajstić information content (AvgIpc) is 3.37. The predicted molar refractivity (Wildman–Crippen MR) is 136 cm³/mol. The van der Waals surface area contributed by atoms with Gasteiger partial charge in [0.05, 0.1) is 12.7 Å². The van der Waals surface area contributed by atoms with Crippen LogP contribution in [0.3, 0.4) is 0 Å². The van der Waals surface area contributed by atoms with Crippen molar-refractivity contribution in [2.45, 2.75) is 84.5 Å². The van der Waals surface area contributed by atoms with E-state index in [0.29, 0.717) is 18.2 Å². The van der Waals surface area contributed by atoms with Crippen LogP contribution in [0, 0.1) is 0 Å². The van der Waals surface area contributed by atoms with Gasteiger partial charge in [-0.2, -0.15) is 0 Å². The highest BCUT2D eigenvalue weighted by Gasteiger charge is 2.16. The molecule has 1 aromatic carbocycles. The van der Waals surface area contributed by atoms with Gasteiger partial charge in [-0.3, -0.25) is 0 Å². The van der Waals surface area contributed by atoms with Crippen molar-refractivity contribution in [2.75, 3.05) is 6.61 Å². The topological polar surface area (TPSA) is 87.3 Å². The number of benzene rings is 1. The van der Waals surface area contributed by atoms with Crippen LogP contribution in [0.4, 0.5) is 0 Å². The Morgan fingerprint density at radius 2 is 1.51 bits per heavy atom. The second kappa shape index (κ2) is 14.9. The van der Waals surface area contributed by atoms with Crippen LogP contribution in [0.2, 0.25) is 0 Å². The van der Waals surface area contributed by atoms with E-state index in [1.807, 2.05) is 31.5 Å². The van der Waals surface area contributed by atoms with Gasteiger partial charge in [-0.15, -0.1) is 0 Å². The van der Waals surface area contributed by atoms with Crippen LogP contribution in [0.5, 0.6) is 11.6 Å². The first-order chi connectivity index (χ1) is 17.2. The van der Waals surface area contributed by atoms with Gasteiger partial charge >= 0.3 is 5.97 Å². The summed E-state index contributed by atoms with van der Waals surface area (Å²) in [5, 5.41) is 3.71. The Kier molecular flexibility index (Phi) is 11.2. The number of aryl methyl sites for hydroxylation is 1. The Morgan fingerprint density at radius 1 is 0.857 bits per heavy atom. The van der Waals surface area contributed by atoms with Gasteiger partial charge in [0, 0.05) is 18.0 Å². The van der Waals surface area contributed by atoms with Gasteiger partial charge in [0.15, 0.2) is 5.82 Å². The zero-order chi connectivity index (χ0) is 24.7. The fourth-order valence-corrected chi connectivity index (χ4v) is 3.73. The van der Waals surface area contributed by atoms with Crippen molar-refractivity contribution in [3.8, 4) is 23.0 Å². The molecule has 3 rings (SSSR count). The molecule has 188 valence electrons. The van der Waals surface area contributed by atoms with Gasteiger partial charge in [-0.1, -0.05) is 65.2 Å². The lowest BCUT2D eigenvalue weighted by Crippen LogP contribution is -2.07. The van der Waals surface area contributed by atoms with E-state index in [2.05, 4.69) is 22.0 Å². The summed E-state index contributed by atoms with van der Waals surface area (Å²) in [4.78, 5) is 21.3. The number of rotatable bonds is 16. The number of nitrogens with zero attached hydrogens (tertiary/aromatic N) is 3. The number of esters is 1. The molecule has 0 amide bonds. The zero-order valence-electron chi connectivity index (χ0n) is 21.0. The van der Waals surface area contributed by atoms with E-state index in [0.717, 1.165) is 24.0 Å². The largest absolute Gasteiger partial charge is 0.476 e. The molecule has 0 N–H and O–H groups in total. The van der Waals surface area contributed by atoms with Gasteiger partial charge in [0.25, 0.3) is 5.88 Å². The third-order valence-electron chi connectivity index (χ3n) is 5.74. The minimum atomic E-state index is -0.631. The van der Waals surface area contributed by atoms with Crippen molar-refractivity contribution in [1.29, 1.82) is 0 Å². The molecule has 2 heterocycles. The summed E-state index contributed by atoms with van der Waals surface area (Å²) in [5.41, 5.74) is 2.02. The molecule has 0 radical (unpaired) electrons. The summed E-state index contributed by atoms with van der Waals surface area (Å²) in [6, 6.07) is 8.49. The first-order valence-corrected chi connectivity index (χ1v) is 12.9. The standard InChI is InChI=1S/C28H37N3O4/c1-3-5-6-7-8-9-10-11-12-13-22-20-29-27(30-21-22)23-14-16-24(17-15-23)34-28(32)25-19-26(31-35-25)33-18-4-2/h14-17,19-21H,3-13,18H2,1-2H3. The Hall–Kier alpha value is -3.22. The molecule has 2 aromatic heterocycles. The number of unbranched alkanes of at least 4 members (excludes halogenated alkanes) is 8. The third-order valence-corrected chi connectivity index (χ3v) is 5.74. The highest BCUT2D eigenvalue weighted by molar-refractivity contribution is 5.88. The number of carbonyl (C=O) groups is 1. The molecule has 0 spiro atoms. The number of hydrogen-bond acceptors (Lipinski definition) is 7. The normalized spacial score (nSPS) is 10.9. The number of aromatic nitrogens is 3. The van der Waals surface area contributed by atoms with Gasteiger partial charge in [0.1, 0.15) is 5.75 Å². The highest BCUT2D eigenvalue weighted by atomic mass is 16.6. The molecule has 0 fully saturated rings. The maximum Gasteiger partial charge on any atom is 0.382 e. The minimum Gasteiger partial charge on any atom is -0.476 e. The summed E-state index contributed by atoms with van der Waals surface area (Å²) < 4.78 is 15.7. The summed E-state index contributed by atoms with van der Waals surface area (Å²) >= 11 is 0. The predicted octanol–water partition coefficient (Wildman–Crippen LogP) is 7.21. The molecule has 0 unspecified atom stereocenters. The first-order valence-electron chi connectivity index (χ1n) is 12.9. The van der Waals surface area contributed by atoms with Crippen molar-refractivity contribution in [1.82, 2.24) is 15.1 Å². The lowest BCUT2D eigenvalue weighted by atomic mass is 10.1. The van der Waals surface area contributed by atoms with Gasteiger partial charge in [-0.05, 0) is 54.2 Å². The SMILES string of the molecule is CCCCCCCCCCCc1cnc(-c2ccc(OC(=O)c3cc(OCCC)no3)cc2)nc1. The van der Waals surface area contributed by atoms with E-state index in [9.17, 15) is 4.79 Å². The second-order valence-electron chi connectivity index (χ2n) is 8.79. The summed E-state index contributed by atoms with van der Waals surface area (Å²) in [6.07, 6.45) is 17.6. The van der Waals surface area contributed by atoms with E-state index in [1.54, 1.807) is 12.1 Å². The van der Waals surface area contributed by atoms with E-state index in [-0.39, 0.29) is 11.6 Å². The number of carbonyl (C=O) groups excluding carboxylic acids is 1. The summed E-state index contributed by atoms with van der Waals surface area (Å²) in [7, 11) is 0. The van der Waals surface area contributed by atoms with Crippen molar-refractivity contribution in [3.63, 3.8) is 0 Å². The lowest BCUT2D eigenvalue weighted by molar-refractivity contribution is 0.0691. The summed E-state index contributed by atoms with van der Waals surface area (Å²) in [6.45, 7) is 4.75. The molecular weight excluding hydrogens is 442 g/mol. The van der Waals surface area contributed by atoms with Crippen LogP contribution in [0.25, 0.3) is 11.4 Å². The smallest absolute Gasteiger partial charge is 0.382 e. The minimum absolute atomic E-state index is 0.00826. The maximum absolute atomic E-state index is 12.3. The van der Waals surface area contributed by atoms with Crippen molar-refractivity contribution >= 4 is 5.97 Å². The molecule has 0 aliphatic carbocycles. The van der Waals surface area contributed by atoms with Crippen LogP contribution >= 0.6 is 0 Å². The number of hydrogen-bond donors (Lipinski definition) is 0. The zero-order valence-corrected chi connectivity index (χ0v) is 21.0. The molecule has 7 nitrogen and oxygen atoms in total. The molecule has 0 aliphatic heterocycles. The molecule has 0 saturated heterocycles. The molecule has 3 aromatic rings. The van der Waals surface area contributed by atoms with E-state index < -0.39 is 5.97 Å². The van der Waals surface area contributed by atoms with Crippen LogP contribution in [0.15, 0.2) is 47.2 Å². The molecule has 0 atom stereocenters. The molecule has 0 bridgehead atoms.